The lowest BCUT2D eigenvalue weighted by Crippen LogP contribution is -2.08. The minimum absolute atomic E-state index is 0.143. The van der Waals surface area contributed by atoms with Gasteiger partial charge in [-0.25, -0.2) is 8.42 Å². The van der Waals surface area contributed by atoms with Gasteiger partial charge in [0.15, 0.2) is 21.4 Å². The van der Waals surface area contributed by atoms with Gasteiger partial charge in [0.05, 0.1) is 12.7 Å². The minimum Gasteiger partial charge on any atom is -0.496 e. The number of sulfone groups is 1. The Labute approximate surface area is 123 Å². The molecule has 1 aromatic carbocycles. The molecular formula is C14H18N2O4S. The van der Waals surface area contributed by atoms with E-state index in [1.54, 1.807) is 13.0 Å². The maximum absolute atomic E-state index is 11.8. The number of anilines is 1. The Morgan fingerprint density at radius 2 is 2.05 bits per heavy atom. The van der Waals surface area contributed by atoms with Crippen LogP contribution in [0.5, 0.6) is 5.75 Å². The van der Waals surface area contributed by atoms with E-state index in [2.05, 4.69) is 5.16 Å². The summed E-state index contributed by atoms with van der Waals surface area (Å²) in [6, 6.07) is 5.55. The van der Waals surface area contributed by atoms with Crippen molar-refractivity contribution in [2.75, 3.05) is 19.1 Å². The Balaban J connectivity index is 2.71. The Morgan fingerprint density at radius 1 is 1.38 bits per heavy atom. The fraction of sp³-hybridized carbons (Fsp3) is 0.357. The smallest absolute Gasteiger partial charge is 0.175 e. The molecule has 2 N–H and O–H groups in total. The number of hydrogen-bond donors (Lipinski definition) is 1. The van der Waals surface area contributed by atoms with E-state index < -0.39 is 15.1 Å². The van der Waals surface area contributed by atoms with E-state index in [0.717, 1.165) is 11.8 Å². The first kappa shape index (κ1) is 15.4. The molecule has 0 bridgehead atoms. The highest BCUT2D eigenvalue weighted by Gasteiger charge is 2.29. The van der Waals surface area contributed by atoms with E-state index >= 15 is 0 Å². The molecule has 1 unspecified atom stereocenters. The number of aromatic nitrogens is 1. The lowest BCUT2D eigenvalue weighted by Gasteiger charge is -2.12. The Bertz CT molecular complexity index is 765. The molecule has 0 saturated carbocycles. The van der Waals surface area contributed by atoms with Gasteiger partial charge in [-0.05, 0) is 26.0 Å². The molecule has 0 fully saturated rings. The number of nitrogen functional groups attached to an aromatic ring is 1. The van der Waals surface area contributed by atoms with Crippen molar-refractivity contribution >= 4 is 15.7 Å². The SMILES string of the molecule is COc1ccc(C)cc1-c1c(N)noc1C(C)S(C)(=O)=O. The molecule has 0 aliphatic heterocycles. The highest BCUT2D eigenvalue weighted by molar-refractivity contribution is 7.90. The van der Waals surface area contributed by atoms with Crippen molar-refractivity contribution < 1.29 is 17.7 Å². The second-order valence-electron chi connectivity index (χ2n) is 4.98. The maximum Gasteiger partial charge on any atom is 0.175 e. The number of benzene rings is 1. The second-order valence-corrected chi connectivity index (χ2v) is 7.35. The number of nitrogens with two attached hydrogens (primary N) is 1. The van der Waals surface area contributed by atoms with E-state index in [9.17, 15) is 8.42 Å². The van der Waals surface area contributed by atoms with E-state index in [4.69, 9.17) is 15.0 Å². The van der Waals surface area contributed by atoms with Gasteiger partial charge < -0.3 is 15.0 Å². The highest BCUT2D eigenvalue weighted by atomic mass is 32.2. The van der Waals surface area contributed by atoms with Gasteiger partial charge in [0, 0.05) is 11.8 Å². The molecule has 1 heterocycles. The van der Waals surface area contributed by atoms with Crippen LogP contribution in [0.3, 0.4) is 0 Å². The molecule has 1 atom stereocenters. The third-order valence-electron chi connectivity index (χ3n) is 3.38. The lowest BCUT2D eigenvalue weighted by atomic mass is 10.0. The van der Waals surface area contributed by atoms with Crippen molar-refractivity contribution in [1.82, 2.24) is 5.16 Å². The molecule has 21 heavy (non-hydrogen) atoms. The molecule has 0 aliphatic rings. The average Bonchev–Trinajstić information content (AvgIpc) is 2.78. The number of methoxy groups -OCH3 is 1. The normalized spacial score (nSPS) is 13.1. The summed E-state index contributed by atoms with van der Waals surface area (Å²) < 4.78 is 34.1. The van der Waals surface area contributed by atoms with Crippen molar-refractivity contribution in [1.29, 1.82) is 0 Å². The molecule has 114 valence electrons. The first-order chi connectivity index (χ1) is 9.75. The number of aryl methyl sites for hydroxylation is 1. The standard InChI is InChI=1S/C14H18N2O4S/c1-8-5-6-11(19-3)10(7-8)12-13(20-16-14(12)15)9(2)21(4,17)18/h5-7,9H,1-4H3,(H2,15,16). The summed E-state index contributed by atoms with van der Waals surface area (Å²) >= 11 is 0. The van der Waals surface area contributed by atoms with E-state index in [-0.39, 0.29) is 11.6 Å². The number of ether oxygens (including phenoxy) is 1. The summed E-state index contributed by atoms with van der Waals surface area (Å²) in [7, 11) is -1.79. The third-order valence-corrected chi connectivity index (χ3v) is 4.88. The molecule has 0 saturated heterocycles. The van der Waals surface area contributed by atoms with Gasteiger partial charge in [0.2, 0.25) is 0 Å². The number of hydrogen-bond acceptors (Lipinski definition) is 6. The molecule has 0 spiro atoms. The fourth-order valence-electron chi connectivity index (χ4n) is 2.08. The van der Waals surface area contributed by atoms with Crippen LogP contribution in [0.15, 0.2) is 22.7 Å². The predicted octanol–water partition coefficient (Wildman–Crippen LogP) is 2.35. The summed E-state index contributed by atoms with van der Waals surface area (Å²) in [6.07, 6.45) is 1.15. The quantitative estimate of drug-likeness (QED) is 0.931. The zero-order chi connectivity index (χ0) is 15.8. The minimum atomic E-state index is -3.33. The molecule has 2 rings (SSSR count). The summed E-state index contributed by atoms with van der Waals surface area (Å²) in [5.41, 5.74) is 8.00. The van der Waals surface area contributed by atoms with Crippen LogP contribution in [0.2, 0.25) is 0 Å². The second kappa shape index (κ2) is 5.40. The average molecular weight is 310 g/mol. The van der Waals surface area contributed by atoms with Crippen molar-refractivity contribution in [3.05, 3.63) is 29.5 Å². The molecule has 7 heteroatoms. The first-order valence-corrected chi connectivity index (χ1v) is 8.30. The topological polar surface area (TPSA) is 95.4 Å². The van der Waals surface area contributed by atoms with E-state index in [1.165, 1.54) is 7.11 Å². The summed E-state index contributed by atoms with van der Waals surface area (Å²) in [4.78, 5) is 0. The summed E-state index contributed by atoms with van der Waals surface area (Å²) in [5, 5.41) is 2.87. The zero-order valence-corrected chi connectivity index (χ0v) is 13.2. The fourth-order valence-corrected chi connectivity index (χ4v) is 2.63. The van der Waals surface area contributed by atoms with Crippen molar-refractivity contribution in [2.24, 2.45) is 0 Å². The highest BCUT2D eigenvalue weighted by Crippen LogP contribution is 2.40. The van der Waals surface area contributed by atoms with Crippen LogP contribution in [0.1, 0.15) is 23.5 Å². The van der Waals surface area contributed by atoms with Crippen LogP contribution in [0.4, 0.5) is 5.82 Å². The molecule has 0 aliphatic carbocycles. The van der Waals surface area contributed by atoms with Crippen molar-refractivity contribution in [3.8, 4) is 16.9 Å². The van der Waals surface area contributed by atoms with Gasteiger partial charge in [0.25, 0.3) is 0 Å². The summed E-state index contributed by atoms with van der Waals surface area (Å²) in [5.74, 6) is 0.945. The number of nitrogens with zero attached hydrogens (tertiary/aromatic N) is 1. The zero-order valence-electron chi connectivity index (χ0n) is 12.4. The van der Waals surface area contributed by atoms with E-state index in [1.807, 2.05) is 19.1 Å². The monoisotopic (exact) mass is 310 g/mol. The van der Waals surface area contributed by atoms with E-state index in [0.29, 0.717) is 16.9 Å². The largest absolute Gasteiger partial charge is 0.496 e. The third kappa shape index (κ3) is 2.87. The first-order valence-electron chi connectivity index (χ1n) is 6.34. The Kier molecular flexibility index (Phi) is 3.95. The van der Waals surface area contributed by atoms with Crippen LogP contribution >= 0.6 is 0 Å². The van der Waals surface area contributed by atoms with Gasteiger partial charge in [-0.1, -0.05) is 16.8 Å². The van der Waals surface area contributed by atoms with Crippen molar-refractivity contribution in [2.45, 2.75) is 19.1 Å². The molecule has 1 aromatic heterocycles. The van der Waals surface area contributed by atoms with Crippen LogP contribution in [-0.2, 0) is 9.84 Å². The van der Waals surface area contributed by atoms with Gasteiger partial charge in [-0.15, -0.1) is 0 Å². The molecule has 0 radical (unpaired) electrons. The van der Waals surface area contributed by atoms with Gasteiger partial charge in [0.1, 0.15) is 11.0 Å². The molecular weight excluding hydrogens is 292 g/mol. The molecule has 6 nitrogen and oxygen atoms in total. The van der Waals surface area contributed by atoms with Crippen LogP contribution in [0, 0.1) is 6.92 Å². The van der Waals surface area contributed by atoms with Gasteiger partial charge >= 0.3 is 0 Å². The maximum atomic E-state index is 11.8. The number of rotatable bonds is 4. The molecule has 0 amide bonds. The summed E-state index contributed by atoms with van der Waals surface area (Å²) in [6.45, 7) is 3.47. The Morgan fingerprint density at radius 3 is 2.62 bits per heavy atom. The van der Waals surface area contributed by atoms with Crippen molar-refractivity contribution in [3.63, 3.8) is 0 Å². The van der Waals surface area contributed by atoms with Gasteiger partial charge in [-0.3, -0.25) is 0 Å². The Hall–Kier alpha value is -2.02. The van der Waals surface area contributed by atoms with Crippen LogP contribution in [-0.4, -0.2) is 26.9 Å². The van der Waals surface area contributed by atoms with Crippen LogP contribution in [0.25, 0.3) is 11.1 Å². The van der Waals surface area contributed by atoms with Crippen LogP contribution < -0.4 is 10.5 Å². The van der Waals surface area contributed by atoms with Gasteiger partial charge in [-0.2, -0.15) is 0 Å². The predicted molar refractivity (Wildman–Crippen MR) is 80.9 cm³/mol. The molecule has 2 aromatic rings. The lowest BCUT2D eigenvalue weighted by molar-refractivity contribution is 0.384.